The Hall–Kier alpha value is -2.07. The number of benzene rings is 1. The molecule has 0 fully saturated rings. The molecule has 1 aliphatic carbocycles. The monoisotopic (exact) mass is 554 g/mol. The molecule has 0 saturated heterocycles. The maximum Gasteiger partial charge on any atom is 0.199 e. The lowest BCUT2D eigenvalue weighted by Gasteiger charge is -2.13. The fourth-order valence-electron chi connectivity index (χ4n) is 2.23. The zero-order valence-electron chi connectivity index (χ0n) is 30.4. The molecule has 1 aromatic carbocycles. The lowest BCUT2D eigenvalue weighted by molar-refractivity contribution is -0.696. The number of hydrogen-bond donors (Lipinski definition) is 1. The van der Waals surface area contributed by atoms with Crippen molar-refractivity contribution in [2.75, 3.05) is 14.1 Å². The summed E-state index contributed by atoms with van der Waals surface area (Å²) in [5.41, 5.74) is 8.47. The van der Waals surface area contributed by atoms with E-state index in [9.17, 15) is 0 Å². The molecular formula is C35H77N4+. The SMILES string of the molecule is CC.CC.CC.CC.CC.CC.CC.CCC.CN=NC.NC[n+]1ccccc1.c1ccc2c(c1)CCCC2. The number of fused-ring (bicyclic) bond motifs is 1. The number of azo groups is 1. The Morgan fingerprint density at radius 1 is 0.564 bits per heavy atom. The summed E-state index contributed by atoms with van der Waals surface area (Å²) in [6.45, 7) is 32.8. The van der Waals surface area contributed by atoms with Gasteiger partial charge in [-0.2, -0.15) is 14.8 Å². The van der Waals surface area contributed by atoms with Gasteiger partial charge in [0.05, 0.1) is 0 Å². The van der Waals surface area contributed by atoms with Crippen LogP contribution >= 0.6 is 0 Å². The van der Waals surface area contributed by atoms with Gasteiger partial charge in [-0.3, -0.25) is 5.73 Å². The van der Waals surface area contributed by atoms with Crippen molar-refractivity contribution in [3.63, 3.8) is 0 Å². The van der Waals surface area contributed by atoms with Gasteiger partial charge in [-0.05, 0) is 36.8 Å². The summed E-state index contributed by atoms with van der Waals surface area (Å²) < 4.78 is 1.90. The minimum absolute atomic E-state index is 0.556. The van der Waals surface area contributed by atoms with Gasteiger partial charge in [0.2, 0.25) is 0 Å². The smallest absolute Gasteiger partial charge is 0.199 e. The van der Waals surface area contributed by atoms with Crippen molar-refractivity contribution in [1.29, 1.82) is 0 Å². The van der Waals surface area contributed by atoms with Gasteiger partial charge in [0, 0.05) is 26.2 Å². The molecule has 0 radical (unpaired) electrons. The Kier molecular flexibility index (Phi) is 112. The predicted molar refractivity (Wildman–Crippen MR) is 186 cm³/mol. The maximum absolute atomic E-state index is 5.31. The molecule has 0 amide bonds. The van der Waals surface area contributed by atoms with Crippen molar-refractivity contribution in [2.24, 2.45) is 16.0 Å². The topological polar surface area (TPSA) is 54.6 Å². The van der Waals surface area contributed by atoms with Crippen LogP contribution in [0.2, 0.25) is 0 Å². The third kappa shape index (κ3) is 57.0. The van der Waals surface area contributed by atoms with Crippen molar-refractivity contribution in [2.45, 2.75) is 150 Å². The number of pyridine rings is 1. The van der Waals surface area contributed by atoms with Gasteiger partial charge >= 0.3 is 0 Å². The highest BCUT2D eigenvalue weighted by molar-refractivity contribution is 5.28. The molecule has 2 N–H and O–H groups in total. The highest BCUT2D eigenvalue weighted by Crippen LogP contribution is 2.19. The van der Waals surface area contributed by atoms with Gasteiger partial charge in [0.15, 0.2) is 19.1 Å². The van der Waals surface area contributed by atoms with E-state index >= 15 is 0 Å². The first-order valence-corrected chi connectivity index (χ1v) is 16.1. The summed E-state index contributed by atoms with van der Waals surface area (Å²) in [6, 6.07) is 14.7. The molecule has 1 aromatic heterocycles. The minimum Gasteiger partial charge on any atom is -0.275 e. The molecule has 4 nitrogen and oxygen atoms in total. The van der Waals surface area contributed by atoms with Gasteiger partial charge in [-0.25, -0.2) is 0 Å². The molecule has 1 aliphatic rings. The van der Waals surface area contributed by atoms with Gasteiger partial charge < -0.3 is 0 Å². The average Bonchev–Trinajstić information content (AvgIpc) is 3.09. The fraction of sp³-hybridized carbons (Fsp3) is 0.686. The van der Waals surface area contributed by atoms with Crippen LogP contribution in [0.1, 0.15) is 141 Å². The molecule has 0 spiro atoms. The second-order valence-electron chi connectivity index (χ2n) is 5.66. The molecule has 0 unspecified atom stereocenters. The van der Waals surface area contributed by atoms with E-state index in [1.165, 1.54) is 32.1 Å². The van der Waals surface area contributed by atoms with Crippen LogP contribution in [0.25, 0.3) is 0 Å². The van der Waals surface area contributed by atoms with Crippen LogP contribution in [0.15, 0.2) is 65.1 Å². The molecular weight excluding hydrogens is 476 g/mol. The van der Waals surface area contributed by atoms with Crippen molar-refractivity contribution < 1.29 is 4.57 Å². The van der Waals surface area contributed by atoms with E-state index in [0.29, 0.717) is 6.67 Å². The normalized spacial score (nSPS) is 8.59. The Balaban J connectivity index is -0.0000000500. The van der Waals surface area contributed by atoms with E-state index in [1.807, 2.05) is 132 Å². The Labute approximate surface area is 250 Å². The standard InChI is InChI=1S/C10H12.C6H9N2.C3H8.C2H6N2.7C2H6/c1-2-6-10-8-4-3-7-9(10)5-1;7-6-8-4-2-1-3-5-8;1-3-2;1-3-4-2;7*1-2/h1-2,5-6H,3-4,7-8H2;1-5H,6-7H2;3H2,1-2H3;1-2H3;7*1-2H3/q;+1;;;;;;;;;. The third-order valence-corrected chi connectivity index (χ3v) is 3.45. The largest absolute Gasteiger partial charge is 0.275 e. The molecule has 3 rings (SSSR count). The average molecular weight is 554 g/mol. The number of rotatable bonds is 1. The van der Waals surface area contributed by atoms with Gasteiger partial charge in [0.1, 0.15) is 0 Å². The summed E-state index contributed by atoms with van der Waals surface area (Å²) in [5, 5.41) is 6.72. The Morgan fingerprint density at radius 2 is 0.846 bits per heavy atom. The number of hydrogen-bond acceptors (Lipinski definition) is 3. The van der Waals surface area contributed by atoms with Crippen LogP contribution in [-0.4, -0.2) is 14.1 Å². The van der Waals surface area contributed by atoms with E-state index in [4.69, 9.17) is 5.73 Å². The van der Waals surface area contributed by atoms with Gasteiger partial charge in [-0.15, -0.1) is 0 Å². The van der Waals surface area contributed by atoms with Crippen LogP contribution in [0.3, 0.4) is 0 Å². The molecule has 236 valence electrons. The summed E-state index contributed by atoms with van der Waals surface area (Å²) in [5.74, 6) is 0. The molecule has 2 aromatic rings. The molecule has 4 heteroatoms. The molecule has 0 bridgehead atoms. The summed E-state index contributed by atoms with van der Waals surface area (Å²) in [7, 11) is 3.28. The molecule has 1 heterocycles. The number of aryl methyl sites for hydroxylation is 2. The first-order chi connectivity index (χ1) is 19.2. The number of nitrogens with zero attached hydrogens (tertiary/aromatic N) is 3. The van der Waals surface area contributed by atoms with Crippen molar-refractivity contribution in [3.8, 4) is 0 Å². The highest BCUT2D eigenvalue weighted by Gasteiger charge is 2.05. The van der Waals surface area contributed by atoms with E-state index in [1.54, 1.807) is 25.2 Å². The van der Waals surface area contributed by atoms with E-state index in [-0.39, 0.29) is 0 Å². The van der Waals surface area contributed by atoms with Crippen molar-refractivity contribution >= 4 is 0 Å². The van der Waals surface area contributed by atoms with E-state index in [2.05, 4.69) is 48.3 Å². The number of nitrogens with two attached hydrogens (primary N) is 1. The van der Waals surface area contributed by atoms with E-state index in [0.717, 1.165) is 0 Å². The van der Waals surface area contributed by atoms with Gasteiger partial charge in [-0.1, -0.05) is 148 Å². The van der Waals surface area contributed by atoms with Crippen LogP contribution in [0, 0.1) is 0 Å². The van der Waals surface area contributed by atoms with Crippen LogP contribution in [0.5, 0.6) is 0 Å². The second kappa shape index (κ2) is 76.6. The van der Waals surface area contributed by atoms with Gasteiger partial charge in [0.25, 0.3) is 0 Å². The lowest BCUT2D eigenvalue weighted by Crippen LogP contribution is -2.36. The molecule has 0 aliphatic heterocycles. The van der Waals surface area contributed by atoms with Crippen molar-refractivity contribution in [1.82, 2.24) is 0 Å². The molecule has 0 saturated carbocycles. The third-order valence-electron chi connectivity index (χ3n) is 3.45. The zero-order valence-corrected chi connectivity index (χ0v) is 30.4. The summed E-state index contributed by atoms with van der Waals surface area (Å²) in [6.07, 6.45) is 10.5. The van der Waals surface area contributed by atoms with Crippen molar-refractivity contribution in [3.05, 3.63) is 66.0 Å². The Morgan fingerprint density at radius 3 is 1.05 bits per heavy atom. The molecule has 0 atom stereocenters. The lowest BCUT2D eigenvalue weighted by atomic mass is 9.92. The minimum atomic E-state index is 0.556. The maximum atomic E-state index is 5.31. The first-order valence-electron chi connectivity index (χ1n) is 16.1. The van der Waals surface area contributed by atoms with Crippen LogP contribution in [-0.2, 0) is 19.5 Å². The highest BCUT2D eigenvalue weighted by atomic mass is 15.0. The van der Waals surface area contributed by atoms with E-state index < -0.39 is 0 Å². The fourth-order valence-corrected chi connectivity index (χ4v) is 2.23. The number of aromatic nitrogens is 1. The Bertz CT molecular complexity index is 527. The predicted octanol–water partition coefficient (Wildman–Crippen LogP) is 11.8. The second-order valence-corrected chi connectivity index (χ2v) is 5.66. The zero-order chi connectivity index (χ0) is 32.8. The summed E-state index contributed by atoms with van der Waals surface area (Å²) >= 11 is 0. The summed E-state index contributed by atoms with van der Waals surface area (Å²) in [4.78, 5) is 0. The van der Waals surface area contributed by atoms with Crippen LogP contribution < -0.4 is 10.3 Å². The molecule has 39 heavy (non-hydrogen) atoms. The first kappa shape index (κ1) is 57.0. The quantitative estimate of drug-likeness (QED) is 0.277. The van der Waals surface area contributed by atoms with Crippen LogP contribution in [0.4, 0.5) is 0 Å².